The molecule has 0 saturated heterocycles. The van der Waals surface area contributed by atoms with Crippen LogP contribution in [0.2, 0.25) is 10.0 Å². The molecule has 0 aliphatic carbocycles. The van der Waals surface area contributed by atoms with Crippen molar-refractivity contribution in [2.75, 3.05) is 24.2 Å². The van der Waals surface area contributed by atoms with Gasteiger partial charge in [-0.05, 0) is 64.4 Å². The molecule has 0 radical (unpaired) electrons. The molecule has 8 nitrogen and oxygen atoms in total. The van der Waals surface area contributed by atoms with Gasteiger partial charge in [-0.25, -0.2) is 8.42 Å². The van der Waals surface area contributed by atoms with E-state index >= 15 is 0 Å². The zero-order chi connectivity index (χ0) is 27.4. The van der Waals surface area contributed by atoms with Crippen molar-refractivity contribution in [3.8, 4) is 5.75 Å². The Bertz CT molecular complexity index is 1210. The first-order valence-electron chi connectivity index (χ1n) is 11.2. The number of rotatable bonds is 9. The van der Waals surface area contributed by atoms with E-state index in [4.69, 9.17) is 27.9 Å². The summed E-state index contributed by atoms with van der Waals surface area (Å²) in [5, 5.41) is 3.51. The van der Waals surface area contributed by atoms with Gasteiger partial charge in [-0.15, -0.1) is 0 Å². The molecule has 1 atom stereocenters. The summed E-state index contributed by atoms with van der Waals surface area (Å²) >= 11 is 12.7. The Morgan fingerprint density at radius 3 is 2.19 bits per heavy atom. The van der Waals surface area contributed by atoms with E-state index in [2.05, 4.69) is 5.32 Å². The van der Waals surface area contributed by atoms with Crippen LogP contribution in [0.1, 0.15) is 38.8 Å². The monoisotopic (exact) mass is 557 g/mol. The number of aryl methyl sites for hydroxylation is 1. The van der Waals surface area contributed by atoms with Gasteiger partial charge in [0.25, 0.3) is 0 Å². The summed E-state index contributed by atoms with van der Waals surface area (Å²) in [6, 6.07) is 9.01. The van der Waals surface area contributed by atoms with E-state index in [1.807, 2.05) is 20.8 Å². The van der Waals surface area contributed by atoms with Gasteiger partial charge in [-0.1, -0.05) is 35.3 Å². The number of hydrogen-bond donors (Lipinski definition) is 1. The molecule has 2 amide bonds. The molecule has 0 fully saturated rings. The van der Waals surface area contributed by atoms with Gasteiger partial charge in [-0.3, -0.25) is 13.9 Å². The average Bonchev–Trinajstić information content (AvgIpc) is 2.74. The van der Waals surface area contributed by atoms with Gasteiger partial charge in [0.15, 0.2) is 0 Å². The Morgan fingerprint density at radius 1 is 1.11 bits per heavy atom. The summed E-state index contributed by atoms with van der Waals surface area (Å²) < 4.78 is 31.9. The second-order valence-corrected chi connectivity index (χ2v) is 12.3. The molecule has 0 aromatic heterocycles. The Balaban J connectivity index is 2.54. The molecule has 0 unspecified atom stereocenters. The topological polar surface area (TPSA) is 96.0 Å². The van der Waals surface area contributed by atoms with Crippen LogP contribution in [0.15, 0.2) is 36.4 Å². The smallest absolute Gasteiger partial charge is 0.244 e. The number of sulfonamides is 1. The predicted molar refractivity (Wildman–Crippen MR) is 144 cm³/mol. The third-order valence-electron chi connectivity index (χ3n) is 5.34. The molecule has 2 aromatic rings. The maximum Gasteiger partial charge on any atom is 0.244 e. The number of amides is 2. The minimum atomic E-state index is -3.91. The summed E-state index contributed by atoms with van der Waals surface area (Å²) in [6.07, 6.45) is 1.01. The highest BCUT2D eigenvalue weighted by molar-refractivity contribution is 7.92. The van der Waals surface area contributed by atoms with E-state index in [0.29, 0.717) is 15.6 Å². The van der Waals surface area contributed by atoms with Crippen LogP contribution in [0.5, 0.6) is 5.75 Å². The van der Waals surface area contributed by atoms with Gasteiger partial charge in [0.1, 0.15) is 18.3 Å². The third kappa shape index (κ3) is 7.75. The molecule has 0 bridgehead atoms. The zero-order valence-corrected chi connectivity index (χ0v) is 23.9. The number of halogens is 2. The standard InChI is InChI=1S/C25H33Cl2N3O5S/c1-16-11-12-22(35-6)21(13-16)30(36(7,33)34)15-23(31)29(17(2)24(32)28-25(3,4)5)14-18-19(26)9-8-10-20(18)27/h8-13,17H,14-15H2,1-7H3,(H,28,32)/t17-/m1/s1. The molecule has 0 spiro atoms. The fraction of sp³-hybridized carbons (Fsp3) is 0.440. The fourth-order valence-electron chi connectivity index (χ4n) is 3.50. The fourth-order valence-corrected chi connectivity index (χ4v) is 4.86. The van der Waals surface area contributed by atoms with Crippen LogP contribution < -0.4 is 14.4 Å². The van der Waals surface area contributed by atoms with Gasteiger partial charge in [0.05, 0.1) is 19.1 Å². The molecule has 11 heteroatoms. The lowest BCUT2D eigenvalue weighted by atomic mass is 10.1. The minimum Gasteiger partial charge on any atom is -0.495 e. The Kier molecular flexibility index (Phi) is 9.67. The molecule has 0 aliphatic rings. The van der Waals surface area contributed by atoms with Crippen molar-refractivity contribution in [1.82, 2.24) is 10.2 Å². The van der Waals surface area contributed by atoms with Crippen LogP contribution in [0.25, 0.3) is 0 Å². The molecular weight excluding hydrogens is 525 g/mol. The highest BCUT2D eigenvalue weighted by Crippen LogP contribution is 2.32. The van der Waals surface area contributed by atoms with Crippen molar-refractivity contribution in [1.29, 1.82) is 0 Å². The number of hydrogen-bond acceptors (Lipinski definition) is 5. The molecule has 198 valence electrons. The number of nitrogens with one attached hydrogen (secondary N) is 1. The molecule has 2 aromatic carbocycles. The van der Waals surface area contributed by atoms with Gasteiger partial charge < -0.3 is 15.0 Å². The summed E-state index contributed by atoms with van der Waals surface area (Å²) in [4.78, 5) is 28.0. The highest BCUT2D eigenvalue weighted by atomic mass is 35.5. The molecule has 0 heterocycles. The number of anilines is 1. The summed E-state index contributed by atoms with van der Waals surface area (Å²) in [5.74, 6) is -0.729. The lowest BCUT2D eigenvalue weighted by Crippen LogP contribution is -2.54. The van der Waals surface area contributed by atoms with E-state index in [0.717, 1.165) is 16.1 Å². The van der Waals surface area contributed by atoms with Crippen molar-refractivity contribution < 1.29 is 22.7 Å². The Labute approximate surface area is 223 Å². The van der Waals surface area contributed by atoms with Gasteiger partial charge in [-0.2, -0.15) is 0 Å². The van der Waals surface area contributed by atoms with Gasteiger partial charge in [0.2, 0.25) is 21.8 Å². The predicted octanol–water partition coefficient (Wildman–Crippen LogP) is 4.41. The number of carbonyl (C=O) groups is 2. The van der Waals surface area contributed by atoms with Crippen LogP contribution in [-0.2, 0) is 26.2 Å². The minimum absolute atomic E-state index is 0.0986. The Morgan fingerprint density at radius 2 is 1.69 bits per heavy atom. The molecule has 1 N–H and O–H groups in total. The Hall–Kier alpha value is -2.49. The van der Waals surface area contributed by atoms with E-state index in [1.54, 1.807) is 50.2 Å². The molecular formula is C25H33Cl2N3O5S. The first kappa shape index (κ1) is 29.7. The zero-order valence-electron chi connectivity index (χ0n) is 21.6. The lowest BCUT2D eigenvalue weighted by Gasteiger charge is -2.33. The average molecular weight is 559 g/mol. The van der Waals surface area contributed by atoms with Crippen LogP contribution in [-0.4, -0.2) is 56.6 Å². The largest absolute Gasteiger partial charge is 0.495 e. The number of nitrogens with zero attached hydrogens (tertiary/aromatic N) is 2. The van der Waals surface area contributed by atoms with Crippen molar-refractivity contribution in [2.24, 2.45) is 0 Å². The van der Waals surface area contributed by atoms with Gasteiger partial charge >= 0.3 is 0 Å². The maximum absolute atomic E-state index is 13.7. The van der Waals surface area contributed by atoms with Crippen molar-refractivity contribution in [3.05, 3.63) is 57.6 Å². The summed E-state index contributed by atoms with van der Waals surface area (Å²) in [5.41, 5.74) is 0.902. The SMILES string of the molecule is COc1ccc(C)cc1N(CC(=O)N(Cc1c(Cl)cccc1Cl)[C@H](C)C(=O)NC(C)(C)C)S(C)(=O)=O. The van der Waals surface area contributed by atoms with Crippen molar-refractivity contribution in [3.63, 3.8) is 0 Å². The molecule has 0 saturated carbocycles. The highest BCUT2D eigenvalue weighted by Gasteiger charge is 2.33. The maximum atomic E-state index is 13.7. The van der Waals surface area contributed by atoms with Gasteiger partial charge in [0, 0.05) is 27.7 Å². The number of carbonyl (C=O) groups excluding carboxylic acids is 2. The summed E-state index contributed by atoms with van der Waals surface area (Å²) in [7, 11) is -2.49. The number of ether oxygens (including phenoxy) is 1. The lowest BCUT2D eigenvalue weighted by molar-refractivity contribution is -0.140. The quantitative estimate of drug-likeness (QED) is 0.492. The second-order valence-electron chi connectivity index (χ2n) is 9.58. The molecule has 2 rings (SSSR count). The first-order chi connectivity index (χ1) is 16.5. The number of benzene rings is 2. The van der Waals surface area contributed by atoms with Crippen LogP contribution in [0.3, 0.4) is 0 Å². The van der Waals surface area contributed by atoms with Crippen LogP contribution in [0.4, 0.5) is 5.69 Å². The first-order valence-corrected chi connectivity index (χ1v) is 13.8. The van der Waals surface area contributed by atoms with E-state index in [1.165, 1.54) is 12.0 Å². The number of methoxy groups -OCH3 is 1. The molecule has 36 heavy (non-hydrogen) atoms. The van der Waals surface area contributed by atoms with Crippen LogP contribution >= 0.6 is 23.2 Å². The normalized spacial score (nSPS) is 12.6. The second kappa shape index (κ2) is 11.7. The van der Waals surface area contributed by atoms with Crippen molar-refractivity contribution in [2.45, 2.75) is 52.7 Å². The van der Waals surface area contributed by atoms with E-state index in [-0.39, 0.29) is 18.0 Å². The van der Waals surface area contributed by atoms with E-state index in [9.17, 15) is 18.0 Å². The summed E-state index contributed by atoms with van der Waals surface area (Å²) in [6.45, 7) is 8.18. The molecule has 0 aliphatic heterocycles. The van der Waals surface area contributed by atoms with Crippen LogP contribution in [0, 0.1) is 6.92 Å². The van der Waals surface area contributed by atoms with E-state index < -0.39 is 40.0 Å². The third-order valence-corrected chi connectivity index (χ3v) is 7.17. The van der Waals surface area contributed by atoms with Crippen molar-refractivity contribution >= 4 is 50.7 Å².